The minimum atomic E-state index is -0.573. The number of aliphatic hydroxyl groups is 3. The molecule has 0 amide bonds. The van der Waals surface area contributed by atoms with Gasteiger partial charge in [0.1, 0.15) is 18.1 Å². The van der Waals surface area contributed by atoms with E-state index in [1.54, 1.807) is 0 Å². The monoisotopic (exact) mass is 390 g/mol. The van der Waals surface area contributed by atoms with Crippen LogP contribution in [0.3, 0.4) is 0 Å². The molecular formula is C24H38O4. The van der Waals surface area contributed by atoms with E-state index in [9.17, 15) is 15.3 Å². The van der Waals surface area contributed by atoms with Gasteiger partial charge in [0.25, 0.3) is 0 Å². The van der Waals surface area contributed by atoms with Crippen LogP contribution >= 0.6 is 0 Å². The normalized spacial score (nSPS) is 28.9. The van der Waals surface area contributed by atoms with E-state index in [1.807, 2.05) is 19.9 Å². The second-order valence-corrected chi connectivity index (χ2v) is 10.00. The van der Waals surface area contributed by atoms with Crippen LogP contribution < -0.4 is 0 Å². The van der Waals surface area contributed by atoms with Crippen LogP contribution in [0, 0.1) is 23.2 Å². The Hall–Kier alpha value is -1.10. The van der Waals surface area contributed by atoms with E-state index in [4.69, 9.17) is 4.42 Å². The van der Waals surface area contributed by atoms with Crippen LogP contribution in [0.5, 0.6) is 0 Å². The van der Waals surface area contributed by atoms with Crippen molar-refractivity contribution < 1.29 is 19.7 Å². The number of rotatable bonds is 8. The first-order chi connectivity index (χ1) is 13.2. The third-order valence-electron chi connectivity index (χ3n) is 7.46. The fraction of sp³-hybridized carbons (Fsp3) is 0.750. The van der Waals surface area contributed by atoms with E-state index < -0.39 is 5.60 Å². The highest BCUT2D eigenvalue weighted by atomic mass is 16.4. The van der Waals surface area contributed by atoms with Crippen molar-refractivity contribution in [1.82, 2.24) is 0 Å². The smallest absolute Gasteiger partial charge is 0.135 e. The Morgan fingerprint density at radius 1 is 1.25 bits per heavy atom. The molecule has 158 valence electrons. The molecule has 4 atom stereocenters. The van der Waals surface area contributed by atoms with Crippen LogP contribution in [0.25, 0.3) is 5.57 Å². The van der Waals surface area contributed by atoms with Gasteiger partial charge in [-0.2, -0.15) is 0 Å². The Bertz CT molecular complexity index is 674. The Labute approximate surface area is 169 Å². The number of hydrogen-bond donors (Lipinski definition) is 3. The number of fused-ring (bicyclic) bond motifs is 1. The molecule has 3 N–H and O–H groups in total. The molecule has 1 aromatic rings. The summed E-state index contributed by atoms with van der Waals surface area (Å²) < 4.78 is 5.94. The first-order valence-electron chi connectivity index (χ1n) is 11.0. The summed E-state index contributed by atoms with van der Waals surface area (Å²) in [4.78, 5) is 0. The van der Waals surface area contributed by atoms with Crippen molar-refractivity contribution in [2.45, 2.75) is 91.5 Å². The largest absolute Gasteiger partial charge is 0.459 e. The molecule has 2 aliphatic rings. The Morgan fingerprint density at radius 3 is 2.61 bits per heavy atom. The second-order valence-electron chi connectivity index (χ2n) is 10.00. The van der Waals surface area contributed by atoms with E-state index in [-0.39, 0.29) is 18.6 Å². The molecule has 1 fully saturated rings. The van der Waals surface area contributed by atoms with Crippen LogP contribution in [-0.2, 0) is 13.2 Å². The molecule has 0 aliphatic heterocycles. The van der Waals surface area contributed by atoms with Crippen LogP contribution in [0.15, 0.2) is 16.6 Å². The van der Waals surface area contributed by atoms with E-state index in [2.05, 4.69) is 19.9 Å². The molecule has 0 bridgehead atoms. The van der Waals surface area contributed by atoms with Crippen molar-refractivity contribution >= 4 is 5.57 Å². The maximum absolute atomic E-state index is 10.0. The lowest BCUT2D eigenvalue weighted by Crippen LogP contribution is -2.35. The fourth-order valence-corrected chi connectivity index (χ4v) is 5.96. The van der Waals surface area contributed by atoms with E-state index in [1.165, 1.54) is 31.3 Å². The molecule has 1 saturated carbocycles. The summed E-state index contributed by atoms with van der Waals surface area (Å²) in [5.74, 6) is 3.13. The zero-order chi connectivity index (χ0) is 20.5. The van der Waals surface area contributed by atoms with Gasteiger partial charge >= 0.3 is 0 Å². The lowest BCUT2D eigenvalue weighted by Gasteiger charge is -2.43. The van der Waals surface area contributed by atoms with Gasteiger partial charge in [-0.05, 0) is 80.8 Å². The summed E-state index contributed by atoms with van der Waals surface area (Å²) in [6.07, 6.45) is 10.1. The molecule has 4 heteroatoms. The third kappa shape index (κ3) is 4.24. The Balaban J connectivity index is 1.75. The summed E-state index contributed by atoms with van der Waals surface area (Å²) in [6, 6.07) is 1.92. The quantitative estimate of drug-likeness (QED) is 0.581. The number of aliphatic hydroxyl groups excluding tert-OH is 2. The highest BCUT2D eigenvalue weighted by Crippen LogP contribution is 2.60. The molecule has 0 aromatic carbocycles. The third-order valence-corrected chi connectivity index (χ3v) is 7.46. The van der Waals surface area contributed by atoms with Gasteiger partial charge in [-0.25, -0.2) is 0 Å². The maximum Gasteiger partial charge on any atom is 0.135 e. The van der Waals surface area contributed by atoms with Gasteiger partial charge in [0.2, 0.25) is 0 Å². The van der Waals surface area contributed by atoms with Crippen molar-refractivity contribution in [2.75, 3.05) is 0 Å². The topological polar surface area (TPSA) is 73.8 Å². The molecular weight excluding hydrogens is 352 g/mol. The lowest BCUT2D eigenvalue weighted by atomic mass is 9.61. The average Bonchev–Trinajstić information content (AvgIpc) is 3.20. The van der Waals surface area contributed by atoms with Crippen molar-refractivity contribution in [3.63, 3.8) is 0 Å². The maximum atomic E-state index is 10.0. The van der Waals surface area contributed by atoms with Crippen LogP contribution in [0.2, 0.25) is 0 Å². The van der Waals surface area contributed by atoms with Gasteiger partial charge in [0, 0.05) is 5.56 Å². The lowest BCUT2D eigenvalue weighted by molar-refractivity contribution is 0.0619. The highest BCUT2D eigenvalue weighted by Gasteiger charge is 2.51. The van der Waals surface area contributed by atoms with Crippen LogP contribution in [0.1, 0.15) is 89.7 Å². The summed E-state index contributed by atoms with van der Waals surface area (Å²) in [6.45, 7) is 8.36. The first-order valence-corrected chi connectivity index (χ1v) is 11.0. The standard InChI is InChI=1S/C24H38O4/c1-16(7-5-11-23(2,3)27)19-9-10-20-18(8-6-12-24(19,20)4)21-13-17(14-25)22(15-26)28-21/h8,13,16,19-20,25-27H,5-7,9-12,14-15H2,1-4H3/t16-,19-,20+,24-/m1/s1. The molecule has 28 heavy (non-hydrogen) atoms. The minimum absolute atomic E-state index is 0.102. The first kappa shape index (κ1) is 21.6. The van der Waals surface area contributed by atoms with E-state index in [0.29, 0.717) is 29.1 Å². The number of furan rings is 1. The van der Waals surface area contributed by atoms with E-state index >= 15 is 0 Å². The van der Waals surface area contributed by atoms with Crippen molar-refractivity contribution in [3.8, 4) is 0 Å². The predicted molar refractivity (Wildman–Crippen MR) is 111 cm³/mol. The molecule has 0 unspecified atom stereocenters. The van der Waals surface area contributed by atoms with Gasteiger partial charge in [0.05, 0.1) is 12.2 Å². The molecule has 0 radical (unpaired) electrons. The molecule has 4 nitrogen and oxygen atoms in total. The van der Waals surface area contributed by atoms with Gasteiger partial charge < -0.3 is 19.7 Å². The Kier molecular flexibility index (Phi) is 6.43. The number of allylic oxidation sites excluding steroid dienone is 2. The SMILES string of the molecule is C[C@H](CCCC(C)(C)O)[C@H]1CC[C@H]2C(c3cc(CO)c(CO)o3)=CCC[C@]12C. The average molecular weight is 391 g/mol. The van der Waals surface area contributed by atoms with Crippen LogP contribution in [0.4, 0.5) is 0 Å². The van der Waals surface area contributed by atoms with Crippen LogP contribution in [-0.4, -0.2) is 20.9 Å². The Morgan fingerprint density at radius 2 is 2.00 bits per heavy atom. The summed E-state index contributed by atoms with van der Waals surface area (Å²) in [5.41, 5.74) is 1.66. The highest BCUT2D eigenvalue weighted by molar-refractivity contribution is 5.66. The molecule has 3 rings (SSSR count). The van der Waals surface area contributed by atoms with Gasteiger partial charge in [-0.3, -0.25) is 0 Å². The summed E-state index contributed by atoms with van der Waals surface area (Å²) in [7, 11) is 0. The molecule has 1 heterocycles. The minimum Gasteiger partial charge on any atom is -0.459 e. The van der Waals surface area contributed by atoms with Crippen molar-refractivity contribution in [3.05, 3.63) is 29.2 Å². The van der Waals surface area contributed by atoms with Gasteiger partial charge in [0.15, 0.2) is 0 Å². The second kappa shape index (κ2) is 8.33. The molecule has 2 aliphatic carbocycles. The fourth-order valence-electron chi connectivity index (χ4n) is 5.96. The number of hydrogen-bond acceptors (Lipinski definition) is 4. The van der Waals surface area contributed by atoms with Gasteiger partial charge in [-0.1, -0.05) is 32.8 Å². The van der Waals surface area contributed by atoms with Gasteiger partial charge in [-0.15, -0.1) is 0 Å². The zero-order valence-corrected chi connectivity index (χ0v) is 18.0. The summed E-state index contributed by atoms with van der Waals surface area (Å²) in [5, 5.41) is 29.1. The molecule has 0 spiro atoms. The van der Waals surface area contributed by atoms with E-state index in [0.717, 1.165) is 25.0 Å². The predicted octanol–water partition coefficient (Wildman–Crippen LogP) is 5.05. The zero-order valence-electron chi connectivity index (χ0n) is 18.0. The molecule has 0 saturated heterocycles. The summed E-state index contributed by atoms with van der Waals surface area (Å²) >= 11 is 0. The molecule has 1 aromatic heterocycles. The van der Waals surface area contributed by atoms with Crippen molar-refractivity contribution in [2.24, 2.45) is 23.2 Å². The van der Waals surface area contributed by atoms with Crippen molar-refractivity contribution in [1.29, 1.82) is 0 Å².